The molecule has 0 N–H and O–H groups in total. The third-order valence-corrected chi connectivity index (χ3v) is 5.80. The molecule has 0 aliphatic carbocycles. The van der Waals surface area contributed by atoms with E-state index in [2.05, 4.69) is 9.97 Å². The Labute approximate surface area is 163 Å². The average Bonchev–Trinajstić information content (AvgIpc) is 2.66. The number of hydrogen-bond donors (Lipinski definition) is 0. The zero-order chi connectivity index (χ0) is 18.9. The Bertz CT molecular complexity index is 834. The molecule has 0 radical (unpaired) electrons. The van der Waals surface area contributed by atoms with E-state index in [0.717, 1.165) is 31.4 Å². The second-order valence-corrected chi connectivity index (χ2v) is 8.03. The molecule has 0 aromatic carbocycles. The Morgan fingerprint density at radius 3 is 2.93 bits per heavy atom. The Morgan fingerprint density at radius 1 is 1.26 bits per heavy atom. The molecule has 27 heavy (non-hydrogen) atoms. The predicted octanol–water partition coefficient (Wildman–Crippen LogP) is 3.68. The van der Waals surface area contributed by atoms with Crippen LogP contribution < -0.4 is 4.90 Å². The smallest absolute Gasteiger partial charge is 0.222 e. The van der Waals surface area contributed by atoms with Gasteiger partial charge in [-0.2, -0.15) is 0 Å². The molecule has 7 heteroatoms. The first-order valence-corrected chi connectivity index (χ1v) is 9.65. The van der Waals surface area contributed by atoms with E-state index in [4.69, 9.17) is 11.6 Å². The van der Waals surface area contributed by atoms with E-state index in [1.807, 2.05) is 21.9 Å². The molecule has 2 aromatic heterocycles. The van der Waals surface area contributed by atoms with Gasteiger partial charge in [0.25, 0.3) is 0 Å². The summed E-state index contributed by atoms with van der Waals surface area (Å²) in [5, 5.41) is 0.300. The number of carbonyl (C=O) groups is 1. The lowest BCUT2D eigenvalue weighted by Crippen LogP contribution is -2.54. The highest BCUT2D eigenvalue weighted by atomic mass is 35.5. The summed E-state index contributed by atoms with van der Waals surface area (Å²) in [7, 11) is 0. The Kier molecular flexibility index (Phi) is 5.00. The zero-order valence-corrected chi connectivity index (χ0v) is 15.8. The highest BCUT2D eigenvalue weighted by Crippen LogP contribution is 2.40. The standard InChI is InChI=1S/C20H22ClFN4O/c21-16-9-17(22)19(24-11-16)25-8-2-5-20(13-25)6-4-18(27)26(14-20)12-15-3-1-7-23-10-15/h1,3,7,9-11H,2,4-6,8,12-14H2/t20-/m0/s1. The van der Waals surface area contributed by atoms with Crippen molar-refractivity contribution in [1.29, 1.82) is 0 Å². The van der Waals surface area contributed by atoms with Gasteiger partial charge in [-0.15, -0.1) is 0 Å². The Balaban J connectivity index is 1.52. The summed E-state index contributed by atoms with van der Waals surface area (Å²) in [5.74, 6) is 0.144. The van der Waals surface area contributed by atoms with E-state index in [0.29, 0.717) is 36.9 Å². The highest BCUT2D eigenvalue weighted by Gasteiger charge is 2.42. The number of carbonyl (C=O) groups excluding carboxylic acids is 1. The number of aromatic nitrogens is 2. The van der Waals surface area contributed by atoms with Crippen LogP contribution in [0.15, 0.2) is 36.8 Å². The van der Waals surface area contributed by atoms with E-state index >= 15 is 0 Å². The van der Waals surface area contributed by atoms with Gasteiger partial charge in [-0.25, -0.2) is 9.37 Å². The molecule has 2 aliphatic rings. The van der Waals surface area contributed by atoms with Crippen LogP contribution in [0.1, 0.15) is 31.2 Å². The number of hydrogen-bond acceptors (Lipinski definition) is 4. The number of pyridine rings is 2. The third kappa shape index (κ3) is 3.90. The molecule has 0 bridgehead atoms. The van der Waals surface area contributed by atoms with Crippen molar-refractivity contribution in [2.75, 3.05) is 24.5 Å². The van der Waals surface area contributed by atoms with Gasteiger partial charge in [-0.05, 0) is 37.0 Å². The molecule has 0 saturated carbocycles. The number of rotatable bonds is 3. The maximum atomic E-state index is 14.4. The summed E-state index contributed by atoms with van der Waals surface area (Å²) in [6.07, 6.45) is 8.38. The van der Waals surface area contributed by atoms with E-state index in [1.165, 1.54) is 12.3 Å². The molecule has 2 saturated heterocycles. The fourth-order valence-corrected chi connectivity index (χ4v) is 4.46. The predicted molar refractivity (Wildman–Crippen MR) is 102 cm³/mol. The lowest BCUT2D eigenvalue weighted by Gasteiger charge is -2.48. The molecule has 2 fully saturated rings. The Hall–Kier alpha value is -2.21. The molecule has 142 valence electrons. The van der Waals surface area contributed by atoms with Crippen molar-refractivity contribution in [3.63, 3.8) is 0 Å². The summed E-state index contributed by atoms with van der Waals surface area (Å²) < 4.78 is 14.4. The van der Waals surface area contributed by atoms with Gasteiger partial charge >= 0.3 is 0 Å². The number of piperidine rings is 2. The second-order valence-electron chi connectivity index (χ2n) is 7.60. The van der Waals surface area contributed by atoms with Crippen LogP contribution in [0.3, 0.4) is 0 Å². The van der Waals surface area contributed by atoms with E-state index in [1.54, 1.807) is 12.4 Å². The topological polar surface area (TPSA) is 49.3 Å². The van der Waals surface area contributed by atoms with Crippen molar-refractivity contribution < 1.29 is 9.18 Å². The van der Waals surface area contributed by atoms with Gasteiger partial charge in [-0.1, -0.05) is 17.7 Å². The van der Waals surface area contributed by atoms with Crippen LogP contribution in [-0.4, -0.2) is 40.4 Å². The molecule has 2 aromatic rings. The maximum absolute atomic E-state index is 14.4. The van der Waals surface area contributed by atoms with Crippen molar-refractivity contribution >= 4 is 23.3 Å². The van der Waals surface area contributed by atoms with E-state index in [-0.39, 0.29) is 11.3 Å². The summed E-state index contributed by atoms with van der Waals surface area (Å²) >= 11 is 5.84. The number of anilines is 1. The third-order valence-electron chi connectivity index (χ3n) is 5.59. The van der Waals surface area contributed by atoms with Gasteiger partial charge in [0.1, 0.15) is 0 Å². The molecular weight excluding hydrogens is 367 g/mol. The van der Waals surface area contributed by atoms with Crippen LogP contribution >= 0.6 is 11.6 Å². The summed E-state index contributed by atoms with van der Waals surface area (Å²) in [6.45, 7) is 2.73. The fraction of sp³-hybridized carbons (Fsp3) is 0.450. The van der Waals surface area contributed by atoms with Crippen LogP contribution in [0, 0.1) is 11.2 Å². The molecule has 4 rings (SSSR count). The van der Waals surface area contributed by atoms with Crippen molar-refractivity contribution in [2.45, 2.75) is 32.2 Å². The van der Waals surface area contributed by atoms with Crippen molar-refractivity contribution in [3.05, 3.63) is 53.2 Å². The number of halogens is 2. The summed E-state index contributed by atoms with van der Waals surface area (Å²) in [6, 6.07) is 5.18. The van der Waals surface area contributed by atoms with Gasteiger partial charge in [-0.3, -0.25) is 9.78 Å². The molecule has 1 spiro atoms. The monoisotopic (exact) mass is 388 g/mol. The molecule has 1 atom stereocenters. The fourth-order valence-electron chi connectivity index (χ4n) is 4.32. The minimum atomic E-state index is -0.390. The molecule has 2 aliphatic heterocycles. The van der Waals surface area contributed by atoms with Crippen LogP contribution in [0.5, 0.6) is 0 Å². The lowest BCUT2D eigenvalue weighted by molar-refractivity contribution is -0.138. The minimum Gasteiger partial charge on any atom is -0.354 e. The lowest BCUT2D eigenvalue weighted by atomic mass is 9.73. The van der Waals surface area contributed by atoms with E-state index < -0.39 is 5.82 Å². The van der Waals surface area contributed by atoms with Crippen LogP contribution in [0.4, 0.5) is 10.2 Å². The molecule has 4 heterocycles. The Morgan fingerprint density at radius 2 is 2.15 bits per heavy atom. The normalized spacial score (nSPS) is 23.1. The van der Waals surface area contributed by atoms with Crippen molar-refractivity contribution in [1.82, 2.24) is 14.9 Å². The first kappa shape index (κ1) is 18.2. The van der Waals surface area contributed by atoms with Crippen LogP contribution in [0.2, 0.25) is 5.02 Å². The molecule has 1 amide bonds. The highest BCUT2D eigenvalue weighted by molar-refractivity contribution is 6.30. The largest absolute Gasteiger partial charge is 0.354 e. The van der Waals surface area contributed by atoms with Gasteiger partial charge in [0, 0.05) is 56.6 Å². The van der Waals surface area contributed by atoms with Crippen molar-refractivity contribution in [2.24, 2.45) is 5.41 Å². The van der Waals surface area contributed by atoms with Crippen LogP contribution in [0.25, 0.3) is 0 Å². The number of amides is 1. The van der Waals surface area contributed by atoms with E-state index in [9.17, 15) is 9.18 Å². The van der Waals surface area contributed by atoms with Crippen LogP contribution in [-0.2, 0) is 11.3 Å². The maximum Gasteiger partial charge on any atom is 0.222 e. The first-order valence-electron chi connectivity index (χ1n) is 9.27. The van der Waals surface area contributed by atoms with Gasteiger partial charge in [0.2, 0.25) is 5.91 Å². The first-order chi connectivity index (χ1) is 13.0. The molecular formula is C20H22ClFN4O. The quantitative estimate of drug-likeness (QED) is 0.804. The second kappa shape index (κ2) is 7.43. The van der Waals surface area contributed by atoms with Gasteiger partial charge in [0.05, 0.1) is 5.02 Å². The SMILES string of the molecule is O=C1CC[C@]2(CCCN(c3ncc(Cl)cc3F)C2)CN1Cc1cccnc1. The summed E-state index contributed by atoms with van der Waals surface area (Å²) in [5.41, 5.74) is 1.00. The number of nitrogens with zero attached hydrogens (tertiary/aromatic N) is 4. The average molecular weight is 389 g/mol. The number of likely N-dealkylation sites (tertiary alicyclic amines) is 1. The zero-order valence-electron chi connectivity index (χ0n) is 15.1. The van der Waals surface area contributed by atoms with Crippen molar-refractivity contribution in [3.8, 4) is 0 Å². The van der Waals surface area contributed by atoms with Gasteiger partial charge in [0.15, 0.2) is 11.6 Å². The summed E-state index contributed by atoms with van der Waals surface area (Å²) in [4.78, 5) is 24.8. The molecule has 0 unspecified atom stereocenters. The van der Waals surface area contributed by atoms with Gasteiger partial charge < -0.3 is 9.80 Å². The molecule has 5 nitrogen and oxygen atoms in total. The minimum absolute atomic E-state index is 0.0257.